The topological polar surface area (TPSA) is 39.2 Å². The van der Waals surface area contributed by atoms with E-state index in [4.69, 9.17) is 16.3 Å². The van der Waals surface area contributed by atoms with Crippen LogP contribution in [-0.4, -0.2) is 23.3 Å². The molecule has 0 unspecified atom stereocenters. The van der Waals surface area contributed by atoms with Crippen molar-refractivity contribution in [3.8, 4) is 0 Å². The molecule has 0 aromatic carbocycles. The summed E-state index contributed by atoms with van der Waals surface area (Å²) in [6, 6.07) is 0. The van der Waals surface area contributed by atoms with Crippen molar-refractivity contribution in [1.29, 1.82) is 0 Å². The molecule has 0 atom stereocenters. The number of ether oxygens (including phenoxy) is 1. The molecule has 0 radical (unpaired) electrons. The zero-order chi connectivity index (χ0) is 12.9. The van der Waals surface area contributed by atoms with Crippen LogP contribution in [0.4, 0.5) is 0 Å². The van der Waals surface area contributed by atoms with Gasteiger partial charge in [-0.25, -0.2) is 4.98 Å². The molecule has 0 aliphatic heterocycles. The molecule has 0 saturated heterocycles. The van der Waals surface area contributed by atoms with E-state index >= 15 is 0 Å². The summed E-state index contributed by atoms with van der Waals surface area (Å²) < 4.78 is 5.84. The smallest absolute Gasteiger partial charge is 0.196 e. The van der Waals surface area contributed by atoms with Crippen molar-refractivity contribution in [2.24, 2.45) is 0 Å². The molecule has 1 rings (SSSR count). The Morgan fingerprint density at radius 2 is 2.12 bits per heavy atom. The molecule has 0 amide bonds. The van der Waals surface area contributed by atoms with Gasteiger partial charge < -0.3 is 4.74 Å². The number of rotatable bonds is 7. The molecule has 0 aliphatic carbocycles. The van der Waals surface area contributed by atoms with Crippen LogP contribution in [0.3, 0.4) is 0 Å². The monoisotopic (exact) mass is 275 g/mol. The molecule has 0 saturated carbocycles. The molecular formula is C12H18ClNO2S. The van der Waals surface area contributed by atoms with Crippen LogP contribution in [-0.2, 0) is 10.3 Å². The van der Waals surface area contributed by atoms with Crippen LogP contribution in [0.15, 0.2) is 5.38 Å². The first kappa shape index (κ1) is 14.6. The van der Waals surface area contributed by atoms with E-state index in [1.807, 2.05) is 6.92 Å². The summed E-state index contributed by atoms with van der Waals surface area (Å²) in [7, 11) is 0. The summed E-state index contributed by atoms with van der Waals surface area (Å²) in [4.78, 5) is 15.8. The van der Waals surface area contributed by atoms with Crippen LogP contribution < -0.4 is 0 Å². The van der Waals surface area contributed by atoms with E-state index in [2.05, 4.69) is 18.8 Å². The van der Waals surface area contributed by atoms with Crippen LogP contribution in [0, 0.1) is 0 Å². The lowest BCUT2D eigenvalue weighted by atomic mass is 9.98. The van der Waals surface area contributed by atoms with Gasteiger partial charge in [0.15, 0.2) is 5.78 Å². The highest BCUT2D eigenvalue weighted by Gasteiger charge is 2.32. The van der Waals surface area contributed by atoms with Gasteiger partial charge in [-0.15, -0.1) is 22.9 Å². The molecule has 96 valence electrons. The van der Waals surface area contributed by atoms with Gasteiger partial charge in [0.2, 0.25) is 0 Å². The molecule has 1 aromatic heterocycles. The lowest BCUT2D eigenvalue weighted by molar-refractivity contribution is -0.0506. The number of Topliss-reactive ketones (excluding diaryl/α,β-unsaturated/α-hetero) is 1. The van der Waals surface area contributed by atoms with Crippen molar-refractivity contribution in [3.05, 3.63) is 16.1 Å². The first-order valence-corrected chi connectivity index (χ1v) is 7.24. The predicted molar refractivity (Wildman–Crippen MR) is 71.1 cm³/mol. The molecule has 5 heteroatoms. The molecule has 1 heterocycles. The van der Waals surface area contributed by atoms with Gasteiger partial charge in [0.1, 0.15) is 16.3 Å². The Labute approximate surface area is 111 Å². The van der Waals surface area contributed by atoms with Crippen molar-refractivity contribution >= 4 is 28.7 Å². The summed E-state index contributed by atoms with van der Waals surface area (Å²) >= 11 is 7.00. The number of carbonyl (C=O) groups is 1. The van der Waals surface area contributed by atoms with Crippen molar-refractivity contribution in [1.82, 2.24) is 4.98 Å². The SMILES string of the molecule is CCOC(CC)(CC)c1nc(C(=O)CCl)cs1. The van der Waals surface area contributed by atoms with Gasteiger partial charge in [-0.3, -0.25) is 4.79 Å². The van der Waals surface area contributed by atoms with Crippen molar-refractivity contribution in [3.63, 3.8) is 0 Å². The molecule has 0 aliphatic rings. The van der Waals surface area contributed by atoms with Gasteiger partial charge in [0, 0.05) is 12.0 Å². The fourth-order valence-electron chi connectivity index (χ4n) is 1.77. The maximum absolute atomic E-state index is 11.5. The van der Waals surface area contributed by atoms with Crippen LogP contribution in [0.5, 0.6) is 0 Å². The Morgan fingerprint density at radius 3 is 2.59 bits per heavy atom. The molecule has 0 N–H and O–H groups in total. The summed E-state index contributed by atoms with van der Waals surface area (Å²) in [5.74, 6) is -0.157. The Balaban J connectivity index is 3.03. The third-order valence-electron chi connectivity index (χ3n) is 2.86. The van der Waals surface area contributed by atoms with Gasteiger partial charge in [-0.2, -0.15) is 0 Å². The van der Waals surface area contributed by atoms with E-state index in [1.165, 1.54) is 11.3 Å². The average Bonchev–Trinajstić information content (AvgIpc) is 2.85. The third-order valence-corrected chi connectivity index (χ3v) is 4.13. The average molecular weight is 276 g/mol. The predicted octanol–water partition coefficient (Wildman–Crippen LogP) is 3.62. The van der Waals surface area contributed by atoms with E-state index in [1.54, 1.807) is 5.38 Å². The lowest BCUT2D eigenvalue weighted by Crippen LogP contribution is -2.28. The van der Waals surface area contributed by atoms with Gasteiger partial charge in [0.25, 0.3) is 0 Å². The van der Waals surface area contributed by atoms with Crippen LogP contribution in [0.1, 0.15) is 49.1 Å². The fourth-order valence-corrected chi connectivity index (χ4v) is 3.03. The number of ketones is 1. The molecule has 1 aromatic rings. The van der Waals surface area contributed by atoms with Gasteiger partial charge >= 0.3 is 0 Å². The van der Waals surface area contributed by atoms with Crippen LogP contribution >= 0.6 is 22.9 Å². The van der Waals surface area contributed by atoms with Gasteiger partial charge in [-0.05, 0) is 19.8 Å². The van der Waals surface area contributed by atoms with Gasteiger partial charge in [-0.1, -0.05) is 13.8 Å². The normalized spacial score (nSPS) is 11.8. The van der Waals surface area contributed by atoms with E-state index in [-0.39, 0.29) is 17.3 Å². The summed E-state index contributed by atoms with van der Waals surface area (Å²) in [6.07, 6.45) is 1.69. The van der Waals surface area contributed by atoms with Crippen LogP contribution in [0.2, 0.25) is 0 Å². The highest BCUT2D eigenvalue weighted by Crippen LogP contribution is 2.35. The number of hydrogen-bond acceptors (Lipinski definition) is 4. The summed E-state index contributed by atoms with van der Waals surface area (Å²) in [5.41, 5.74) is 0.0931. The zero-order valence-corrected chi connectivity index (χ0v) is 12.0. The molecule has 0 fully saturated rings. The van der Waals surface area contributed by atoms with E-state index in [9.17, 15) is 4.79 Å². The van der Waals surface area contributed by atoms with Crippen molar-refractivity contribution in [2.45, 2.75) is 39.2 Å². The van der Waals surface area contributed by atoms with E-state index in [0.29, 0.717) is 12.3 Å². The number of aromatic nitrogens is 1. The maximum atomic E-state index is 11.5. The number of thiazole rings is 1. The molecular weight excluding hydrogens is 258 g/mol. The Kier molecular flexibility index (Phi) is 5.56. The largest absolute Gasteiger partial charge is 0.368 e. The molecule has 0 spiro atoms. The highest BCUT2D eigenvalue weighted by atomic mass is 35.5. The Morgan fingerprint density at radius 1 is 1.47 bits per heavy atom. The first-order chi connectivity index (χ1) is 8.13. The second kappa shape index (κ2) is 6.47. The third kappa shape index (κ3) is 3.06. The number of carbonyl (C=O) groups excluding carboxylic acids is 1. The van der Waals surface area contributed by atoms with Crippen LogP contribution in [0.25, 0.3) is 0 Å². The summed E-state index contributed by atoms with van der Waals surface area (Å²) in [6.45, 7) is 6.76. The lowest BCUT2D eigenvalue weighted by Gasteiger charge is -2.29. The minimum absolute atomic E-state index is 0.0247. The minimum Gasteiger partial charge on any atom is -0.368 e. The molecule has 3 nitrogen and oxygen atoms in total. The maximum Gasteiger partial charge on any atom is 0.196 e. The standard InChI is InChI=1S/C12H18ClNO2S/c1-4-12(5-2,16-6-3)11-14-9(8-17-11)10(15)7-13/h8H,4-7H2,1-3H3. The van der Waals surface area contributed by atoms with Gasteiger partial charge in [0.05, 0.1) is 5.88 Å². The minimum atomic E-state index is -0.357. The quantitative estimate of drug-likeness (QED) is 0.564. The second-order valence-corrected chi connectivity index (χ2v) is 4.85. The number of halogens is 1. The molecule has 17 heavy (non-hydrogen) atoms. The van der Waals surface area contributed by atoms with E-state index < -0.39 is 0 Å². The first-order valence-electron chi connectivity index (χ1n) is 5.82. The number of nitrogens with zero attached hydrogens (tertiary/aromatic N) is 1. The number of alkyl halides is 1. The fraction of sp³-hybridized carbons (Fsp3) is 0.667. The second-order valence-electron chi connectivity index (χ2n) is 3.73. The van der Waals surface area contributed by atoms with Crippen molar-refractivity contribution in [2.75, 3.05) is 12.5 Å². The summed E-state index contributed by atoms with van der Waals surface area (Å²) in [5, 5.41) is 2.64. The Bertz CT molecular complexity index is 374. The Hall–Kier alpha value is -0.450. The highest BCUT2D eigenvalue weighted by molar-refractivity contribution is 7.10. The van der Waals surface area contributed by atoms with Crippen molar-refractivity contribution < 1.29 is 9.53 Å². The number of hydrogen-bond donors (Lipinski definition) is 0. The molecule has 0 bridgehead atoms. The zero-order valence-electron chi connectivity index (χ0n) is 10.5. The van der Waals surface area contributed by atoms with E-state index in [0.717, 1.165) is 17.8 Å².